The first kappa shape index (κ1) is 19.2. The molecule has 3 aromatic heterocycles. The lowest BCUT2D eigenvalue weighted by molar-refractivity contribution is -0.140. The van der Waals surface area contributed by atoms with Crippen LogP contribution in [0.1, 0.15) is 21.7 Å². The first-order valence-corrected chi connectivity index (χ1v) is 9.62. The van der Waals surface area contributed by atoms with Crippen LogP contribution in [0.15, 0.2) is 48.5 Å². The number of nitrogens with zero attached hydrogens (tertiary/aromatic N) is 4. The van der Waals surface area contributed by atoms with Crippen LogP contribution in [0.25, 0.3) is 33.5 Å². The van der Waals surface area contributed by atoms with Gasteiger partial charge in [-0.05, 0) is 48.9 Å². The Hall–Kier alpha value is -3.75. The van der Waals surface area contributed by atoms with E-state index in [9.17, 15) is 18.0 Å². The van der Waals surface area contributed by atoms with Gasteiger partial charge in [-0.3, -0.25) is 9.48 Å². The van der Waals surface area contributed by atoms with Crippen LogP contribution in [0.4, 0.5) is 13.2 Å². The molecule has 31 heavy (non-hydrogen) atoms. The average Bonchev–Trinajstić information content (AvgIpc) is 3.17. The lowest BCUT2D eigenvalue weighted by Crippen LogP contribution is -2.35. The van der Waals surface area contributed by atoms with Gasteiger partial charge in [0.05, 0.1) is 29.0 Å². The van der Waals surface area contributed by atoms with Gasteiger partial charge in [-0.1, -0.05) is 12.1 Å². The number of carbonyl (C=O) groups is 1. The molecule has 9 heteroatoms. The molecule has 0 unspecified atom stereocenters. The molecule has 0 saturated carbocycles. The van der Waals surface area contributed by atoms with E-state index in [2.05, 4.69) is 20.4 Å². The molecule has 0 aliphatic carbocycles. The summed E-state index contributed by atoms with van der Waals surface area (Å²) in [6.45, 7) is 3.12. The van der Waals surface area contributed by atoms with Gasteiger partial charge in [0.15, 0.2) is 0 Å². The number of pyridine rings is 2. The number of aromatic nitrogens is 4. The van der Waals surface area contributed by atoms with E-state index in [1.807, 2.05) is 25.1 Å². The highest BCUT2D eigenvalue weighted by Gasteiger charge is 2.32. The van der Waals surface area contributed by atoms with Gasteiger partial charge in [-0.15, -0.1) is 0 Å². The van der Waals surface area contributed by atoms with Gasteiger partial charge in [-0.25, -0.2) is 9.97 Å². The summed E-state index contributed by atoms with van der Waals surface area (Å²) in [6, 6.07) is 13.0. The number of hydrogen-bond acceptors (Lipinski definition) is 4. The smallest absolute Gasteiger partial charge is 0.349 e. The minimum Gasteiger partial charge on any atom is -0.349 e. The molecular formula is C22H16F3N5O. The van der Waals surface area contributed by atoms with Gasteiger partial charge in [-0.2, -0.15) is 18.3 Å². The predicted molar refractivity (Wildman–Crippen MR) is 108 cm³/mol. The van der Waals surface area contributed by atoms with Gasteiger partial charge >= 0.3 is 6.18 Å². The fourth-order valence-corrected chi connectivity index (χ4v) is 3.71. The molecule has 6 nitrogen and oxygen atoms in total. The zero-order valence-corrected chi connectivity index (χ0v) is 16.4. The lowest BCUT2D eigenvalue weighted by atomic mass is 10.0. The molecule has 0 saturated heterocycles. The third-order valence-corrected chi connectivity index (χ3v) is 5.25. The van der Waals surface area contributed by atoms with Crippen LogP contribution in [0.5, 0.6) is 0 Å². The molecule has 0 fully saturated rings. The van der Waals surface area contributed by atoms with Gasteiger partial charge in [0, 0.05) is 17.7 Å². The number of benzene rings is 1. The third-order valence-electron chi connectivity index (χ3n) is 5.25. The van der Waals surface area contributed by atoms with Crippen molar-refractivity contribution in [3.8, 4) is 22.5 Å². The second-order valence-electron chi connectivity index (χ2n) is 7.35. The minimum absolute atomic E-state index is 0.137. The number of amides is 1. The van der Waals surface area contributed by atoms with Gasteiger partial charge in [0.1, 0.15) is 11.4 Å². The standard InChI is InChI=1S/C22H16F3N5O/c1-12-10-13(2-3-14(12)18-11-19-21(31)26-8-9-30(19)29-18)15-4-5-17-16(27-15)6-7-20(28-17)22(23,24)25/h2-7,10-11H,8-9H2,1H3,(H,26,31). The SMILES string of the molecule is Cc1cc(-c2ccc3nc(C(F)(F)F)ccc3n2)ccc1-c1cc2n(n1)CCNC2=O. The normalized spacial score (nSPS) is 13.9. The van der Waals surface area contributed by atoms with Gasteiger partial charge in [0.25, 0.3) is 5.91 Å². The van der Waals surface area contributed by atoms with Crippen LogP contribution < -0.4 is 5.32 Å². The average molecular weight is 423 g/mol. The number of carbonyl (C=O) groups excluding carboxylic acids is 1. The molecule has 1 aliphatic rings. The maximum absolute atomic E-state index is 12.9. The van der Waals surface area contributed by atoms with Crippen molar-refractivity contribution in [1.29, 1.82) is 0 Å². The number of alkyl halides is 3. The van der Waals surface area contributed by atoms with E-state index in [0.717, 1.165) is 22.8 Å². The summed E-state index contributed by atoms with van der Waals surface area (Å²) < 4.78 is 40.3. The quantitative estimate of drug-likeness (QED) is 0.524. The summed E-state index contributed by atoms with van der Waals surface area (Å²) in [7, 11) is 0. The predicted octanol–water partition coefficient (Wildman–Crippen LogP) is 4.23. The number of nitrogens with one attached hydrogen (secondary N) is 1. The van der Waals surface area contributed by atoms with E-state index in [-0.39, 0.29) is 11.4 Å². The van der Waals surface area contributed by atoms with Crippen LogP contribution in [0, 0.1) is 6.92 Å². The summed E-state index contributed by atoms with van der Waals surface area (Å²) in [5, 5.41) is 7.34. The van der Waals surface area contributed by atoms with Crippen molar-refractivity contribution in [1.82, 2.24) is 25.1 Å². The Balaban J connectivity index is 1.50. The van der Waals surface area contributed by atoms with E-state index in [0.29, 0.717) is 35.7 Å². The van der Waals surface area contributed by atoms with E-state index in [1.165, 1.54) is 12.1 Å². The fourth-order valence-electron chi connectivity index (χ4n) is 3.71. The highest BCUT2D eigenvalue weighted by atomic mass is 19.4. The maximum Gasteiger partial charge on any atom is 0.433 e. The highest BCUT2D eigenvalue weighted by molar-refractivity contribution is 5.94. The molecule has 1 N–H and O–H groups in total. The summed E-state index contributed by atoms with van der Waals surface area (Å²) in [5.74, 6) is -0.137. The van der Waals surface area contributed by atoms with Crippen LogP contribution >= 0.6 is 0 Å². The third kappa shape index (κ3) is 3.41. The highest BCUT2D eigenvalue weighted by Crippen LogP contribution is 2.31. The van der Waals surface area contributed by atoms with Crippen molar-refractivity contribution in [2.75, 3.05) is 6.54 Å². The molecule has 4 heterocycles. The van der Waals surface area contributed by atoms with E-state index < -0.39 is 11.9 Å². The van der Waals surface area contributed by atoms with E-state index >= 15 is 0 Å². The summed E-state index contributed by atoms with van der Waals surface area (Å²) >= 11 is 0. The fraction of sp³-hybridized carbons (Fsp3) is 0.182. The van der Waals surface area contributed by atoms with Crippen molar-refractivity contribution >= 4 is 16.9 Å². The maximum atomic E-state index is 12.9. The second kappa shape index (κ2) is 6.90. The lowest BCUT2D eigenvalue weighted by Gasteiger charge is -2.13. The topological polar surface area (TPSA) is 72.7 Å². The Morgan fingerprint density at radius 1 is 0.968 bits per heavy atom. The van der Waals surface area contributed by atoms with Crippen molar-refractivity contribution in [2.45, 2.75) is 19.6 Å². The molecule has 0 atom stereocenters. The van der Waals surface area contributed by atoms with Crippen LogP contribution in [-0.2, 0) is 12.7 Å². The van der Waals surface area contributed by atoms with Crippen molar-refractivity contribution in [3.05, 3.63) is 65.5 Å². The number of rotatable bonds is 2. The monoisotopic (exact) mass is 423 g/mol. The Morgan fingerprint density at radius 2 is 1.74 bits per heavy atom. The summed E-state index contributed by atoms with van der Waals surface area (Å²) in [5.41, 5.74) is 4.19. The molecule has 156 valence electrons. The van der Waals surface area contributed by atoms with Crippen LogP contribution in [0.3, 0.4) is 0 Å². The first-order chi connectivity index (χ1) is 14.8. The molecule has 0 spiro atoms. The first-order valence-electron chi connectivity index (χ1n) is 9.62. The molecule has 0 bridgehead atoms. The molecule has 0 radical (unpaired) electrons. The van der Waals surface area contributed by atoms with Crippen LogP contribution in [-0.4, -0.2) is 32.2 Å². The number of aryl methyl sites for hydroxylation is 1. The number of fused-ring (bicyclic) bond motifs is 2. The Labute approximate surface area is 174 Å². The molecule has 1 aliphatic heterocycles. The molecular weight excluding hydrogens is 407 g/mol. The van der Waals surface area contributed by atoms with Gasteiger partial charge in [0.2, 0.25) is 0 Å². The van der Waals surface area contributed by atoms with E-state index in [1.54, 1.807) is 16.8 Å². The van der Waals surface area contributed by atoms with E-state index in [4.69, 9.17) is 0 Å². The largest absolute Gasteiger partial charge is 0.433 e. The number of hydrogen-bond donors (Lipinski definition) is 1. The molecule has 5 rings (SSSR count). The molecule has 1 amide bonds. The molecule has 1 aromatic carbocycles. The van der Waals surface area contributed by atoms with Crippen molar-refractivity contribution in [2.24, 2.45) is 0 Å². The zero-order valence-electron chi connectivity index (χ0n) is 16.4. The van der Waals surface area contributed by atoms with Gasteiger partial charge < -0.3 is 5.32 Å². The second-order valence-corrected chi connectivity index (χ2v) is 7.35. The number of halogens is 3. The zero-order chi connectivity index (χ0) is 21.8. The Morgan fingerprint density at radius 3 is 2.48 bits per heavy atom. The van der Waals surface area contributed by atoms with Crippen molar-refractivity contribution < 1.29 is 18.0 Å². The summed E-state index contributed by atoms with van der Waals surface area (Å²) in [6.07, 6.45) is -4.49. The van der Waals surface area contributed by atoms with Crippen LogP contribution in [0.2, 0.25) is 0 Å². The summed E-state index contributed by atoms with van der Waals surface area (Å²) in [4.78, 5) is 20.1. The Bertz CT molecular complexity index is 1340. The van der Waals surface area contributed by atoms with Crippen molar-refractivity contribution in [3.63, 3.8) is 0 Å². The minimum atomic E-state index is -4.49. The molecule has 4 aromatic rings. The Kier molecular flexibility index (Phi) is 4.28.